The van der Waals surface area contributed by atoms with Crippen LogP contribution >= 0.6 is 0 Å². The molecule has 2 heterocycles. The van der Waals surface area contributed by atoms with Crippen molar-refractivity contribution in [3.8, 4) is 0 Å². The molecule has 42 heavy (non-hydrogen) atoms. The second kappa shape index (κ2) is 22.7. The molecule has 2 aliphatic heterocycles. The first-order valence-electron chi connectivity index (χ1n) is 16.6. The smallest absolute Gasteiger partial charge is 0.237 e. The molecule has 4 aliphatic rings. The summed E-state index contributed by atoms with van der Waals surface area (Å²) in [6.07, 6.45) is 14.7. The number of amides is 2. The number of aldehydes is 2. The number of nitrogens with zero attached hydrogens (tertiary/aromatic N) is 1. The molecule has 4 atom stereocenters. The van der Waals surface area contributed by atoms with Gasteiger partial charge in [-0.05, 0) is 103 Å². The Labute approximate surface area is 257 Å². The highest BCUT2D eigenvalue weighted by molar-refractivity contribution is 5.82. The van der Waals surface area contributed by atoms with E-state index in [-0.39, 0.29) is 23.9 Å². The van der Waals surface area contributed by atoms with Crippen molar-refractivity contribution >= 4 is 24.4 Å². The number of hydrogen-bond acceptors (Lipinski definition) is 7. The van der Waals surface area contributed by atoms with E-state index in [1.54, 1.807) is 7.05 Å². The number of nitrogens with one attached hydrogen (secondary N) is 3. The largest absolute Gasteiger partial charge is 0.356 e. The van der Waals surface area contributed by atoms with E-state index in [0.717, 1.165) is 64.3 Å². The van der Waals surface area contributed by atoms with Gasteiger partial charge in [0.25, 0.3) is 0 Å². The number of carbonyl (C=O) groups is 4. The molecule has 4 fully saturated rings. The highest BCUT2D eigenvalue weighted by Gasteiger charge is 2.47. The summed E-state index contributed by atoms with van der Waals surface area (Å²) in [5.74, 6) is 2.44. The molecule has 4 rings (SSSR count). The van der Waals surface area contributed by atoms with E-state index in [1.807, 2.05) is 27.8 Å². The minimum Gasteiger partial charge on any atom is -0.356 e. The quantitative estimate of drug-likeness (QED) is 0.210. The van der Waals surface area contributed by atoms with Crippen LogP contribution in [0, 0.1) is 29.1 Å². The zero-order valence-corrected chi connectivity index (χ0v) is 28.2. The van der Waals surface area contributed by atoms with E-state index in [4.69, 9.17) is 0 Å². The zero-order valence-electron chi connectivity index (χ0n) is 28.2. The van der Waals surface area contributed by atoms with Gasteiger partial charge >= 0.3 is 0 Å². The van der Waals surface area contributed by atoms with E-state index < -0.39 is 0 Å². The fourth-order valence-corrected chi connectivity index (χ4v) is 6.53. The Kier molecular flexibility index (Phi) is 21.7. The van der Waals surface area contributed by atoms with Gasteiger partial charge in [0.05, 0.1) is 12.1 Å². The number of nitrogens with two attached hydrogens (primary N) is 1. The summed E-state index contributed by atoms with van der Waals surface area (Å²) >= 11 is 0. The Hall–Kier alpha value is -1.84. The molecule has 1 spiro atoms. The molecule has 1 unspecified atom stereocenters. The van der Waals surface area contributed by atoms with Gasteiger partial charge in [-0.3, -0.25) is 14.5 Å². The van der Waals surface area contributed by atoms with Gasteiger partial charge < -0.3 is 31.3 Å². The molecule has 9 nitrogen and oxygen atoms in total. The highest BCUT2D eigenvalue weighted by Crippen LogP contribution is 2.57. The summed E-state index contributed by atoms with van der Waals surface area (Å²) < 4.78 is 0. The number of carbonyl (C=O) groups excluding carboxylic acids is 4. The first kappa shape index (κ1) is 40.2. The SMILES string of the molecule is CC.CCNC(=O)C1[C@@H](C(C)C)CCN1C.CN.CN[C@H](C=O)CCCC[C@H]1CNC(=O)C1.O=CC1CC2(CCC2)C1. The first-order chi connectivity index (χ1) is 20.2. The van der Waals surface area contributed by atoms with Crippen molar-refractivity contribution in [2.45, 2.75) is 117 Å². The number of likely N-dealkylation sites (N-methyl/N-ethyl adjacent to an activating group) is 3. The summed E-state index contributed by atoms with van der Waals surface area (Å²) in [5, 5.41) is 8.71. The van der Waals surface area contributed by atoms with Gasteiger partial charge in [0.2, 0.25) is 11.8 Å². The maximum atomic E-state index is 11.8. The van der Waals surface area contributed by atoms with Crippen LogP contribution in [0.4, 0.5) is 0 Å². The standard InChI is InChI=1S/C11H20N2O2.C11H22N2O.C8H12O.C2H6.CH5N/c1-12-10(8-14)5-3-2-4-9-6-11(15)13-7-9;1-5-12-11(14)10-9(8(2)3)6-7-13(10)4;9-6-7-4-8(5-7)2-1-3-8;2*1-2/h8-10,12H,2-7H2,1H3,(H,13,15);8-10H,5-7H2,1-4H3,(H,12,14);6-7H,1-5H2;1-2H3;2H2,1H3/t9-,10+;9-,10?;;;/m11.../s1. The topological polar surface area (TPSA) is 134 Å². The Bertz CT molecular complexity index is 751. The lowest BCUT2D eigenvalue weighted by molar-refractivity contribution is -0.126. The van der Waals surface area contributed by atoms with Gasteiger partial charge in [0, 0.05) is 25.4 Å². The van der Waals surface area contributed by atoms with E-state index in [9.17, 15) is 19.2 Å². The molecular formula is C33H65N5O4. The third kappa shape index (κ3) is 13.6. The second-order valence-corrected chi connectivity index (χ2v) is 12.4. The summed E-state index contributed by atoms with van der Waals surface area (Å²) in [4.78, 5) is 45.6. The molecule has 0 aromatic heterocycles. The van der Waals surface area contributed by atoms with Crippen molar-refractivity contribution in [2.75, 3.05) is 40.8 Å². The van der Waals surface area contributed by atoms with Gasteiger partial charge in [0.1, 0.15) is 12.6 Å². The van der Waals surface area contributed by atoms with Crippen LogP contribution in [0.5, 0.6) is 0 Å². The normalized spacial score (nSPS) is 24.4. The lowest BCUT2D eigenvalue weighted by atomic mass is 9.52. The van der Waals surface area contributed by atoms with Crippen LogP contribution in [0.15, 0.2) is 0 Å². The lowest BCUT2D eigenvalue weighted by Gasteiger charge is -2.52. The molecule has 2 saturated carbocycles. The Morgan fingerprint density at radius 2 is 1.81 bits per heavy atom. The van der Waals surface area contributed by atoms with Crippen molar-refractivity contribution in [2.24, 2.45) is 34.8 Å². The van der Waals surface area contributed by atoms with Crippen molar-refractivity contribution in [1.82, 2.24) is 20.9 Å². The number of unbranched alkanes of at least 4 members (excludes halogenated alkanes) is 1. The monoisotopic (exact) mass is 596 g/mol. The van der Waals surface area contributed by atoms with Crippen molar-refractivity contribution in [3.63, 3.8) is 0 Å². The molecule has 2 amide bonds. The zero-order chi connectivity index (χ0) is 32.1. The average Bonchev–Trinajstić information content (AvgIpc) is 3.55. The molecule has 2 aliphatic carbocycles. The van der Waals surface area contributed by atoms with Crippen molar-refractivity contribution in [3.05, 3.63) is 0 Å². The van der Waals surface area contributed by atoms with Crippen LogP contribution in [-0.4, -0.2) is 82.1 Å². The third-order valence-electron chi connectivity index (χ3n) is 9.14. The number of hydrogen-bond donors (Lipinski definition) is 4. The Morgan fingerprint density at radius 3 is 2.24 bits per heavy atom. The van der Waals surface area contributed by atoms with Gasteiger partial charge in [-0.25, -0.2) is 0 Å². The fraction of sp³-hybridized carbons (Fsp3) is 0.879. The predicted octanol–water partition coefficient (Wildman–Crippen LogP) is 3.94. The van der Waals surface area contributed by atoms with Crippen LogP contribution < -0.4 is 21.7 Å². The molecule has 2 saturated heterocycles. The number of rotatable bonds is 11. The predicted molar refractivity (Wildman–Crippen MR) is 173 cm³/mol. The van der Waals surface area contributed by atoms with E-state index in [0.29, 0.717) is 35.5 Å². The van der Waals surface area contributed by atoms with Crippen LogP contribution in [0.25, 0.3) is 0 Å². The summed E-state index contributed by atoms with van der Waals surface area (Å²) in [7, 11) is 5.35. The summed E-state index contributed by atoms with van der Waals surface area (Å²) in [6.45, 7) is 13.0. The fourth-order valence-electron chi connectivity index (χ4n) is 6.53. The third-order valence-corrected chi connectivity index (χ3v) is 9.14. The van der Waals surface area contributed by atoms with Gasteiger partial charge in [0.15, 0.2) is 0 Å². The van der Waals surface area contributed by atoms with Crippen LogP contribution in [0.3, 0.4) is 0 Å². The van der Waals surface area contributed by atoms with E-state index in [2.05, 4.69) is 40.4 Å². The van der Waals surface area contributed by atoms with Crippen LogP contribution in [0.1, 0.15) is 105 Å². The molecule has 0 aromatic carbocycles. The van der Waals surface area contributed by atoms with Crippen LogP contribution in [0.2, 0.25) is 0 Å². The molecule has 246 valence electrons. The molecule has 5 N–H and O–H groups in total. The Balaban J connectivity index is 0.000000578. The summed E-state index contributed by atoms with van der Waals surface area (Å²) in [6, 6.07) is 0.0864. The van der Waals surface area contributed by atoms with Crippen LogP contribution in [-0.2, 0) is 19.2 Å². The van der Waals surface area contributed by atoms with Crippen molar-refractivity contribution < 1.29 is 19.2 Å². The van der Waals surface area contributed by atoms with Gasteiger partial charge in [-0.1, -0.05) is 47.0 Å². The minimum atomic E-state index is -0.00617. The maximum Gasteiger partial charge on any atom is 0.237 e. The molecule has 9 heteroatoms. The lowest BCUT2D eigenvalue weighted by Crippen LogP contribution is -2.45. The van der Waals surface area contributed by atoms with E-state index >= 15 is 0 Å². The molecule has 0 bridgehead atoms. The molecular weight excluding hydrogens is 530 g/mol. The second-order valence-electron chi connectivity index (χ2n) is 12.4. The van der Waals surface area contributed by atoms with Gasteiger partial charge in [-0.15, -0.1) is 0 Å². The molecule has 0 radical (unpaired) electrons. The average molecular weight is 596 g/mol. The molecule has 0 aromatic rings. The van der Waals surface area contributed by atoms with Gasteiger partial charge in [-0.2, -0.15) is 0 Å². The summed E-state index contributed by atoms with van der Waals surface area (Å²) in [5.41, 5.74) is 5.19. The van der Waals surface area contributed by atoms with E-state index in [1.165, 1.54) is 39.2 Å². The number of likely N-dealkylation sites (tertiary alicyclic amines) is 1. The first-order valence-corrected chi connectivity index (χ1v) is 16.6. The Morgan fingerprint density at radius 1 is 1.17 bits per heavy atom. The maximum absolute atomic E-state index is 11.8. The minimum absolute atomic E-state index is 0.00617. The van der Waals surface area contributed by atoms with Crippen molar-refractivity contribution in [1.29, 1.82) is 0 Å². The highest BCUT2D eigenvalue weighted by atomic mass is 16.2.